The molecule has 0 aliphatic carbocycles. The van der Waals surface area contributed by atoms with E-state index >= 15 is 0 Å². The summed E-state index contributed by atoms with van der Waals surface area (Å²) < 4.78 is 27.4. The van der Waals surface area contributed by atoms with Crippen molar-refractivity contribution in [3.63, 3.8) is 0 Å². The Kier molecular flexibility index (Phi) is 4.79. The molecule has 0 aliphatic rings. The van der Waals surface area contributed by atoms with Crippen LogP contribution in [0.5, 0.6) is 5.75 Å². The van der Waals surface area contributed by atoms with E-state index in [0.29, 0.717) is 21.7 Å². The highest BCUT2D eigenvalue weighted by molar-refractivity contribution is 6.30. The lowest BCUT2D eigenvalue weighted by Crippen LogP contribution is -2.15. The molecule has 0 spiro atoms. The lowest BCUT2D eigenvalue weighted by atomic mass is 9.96. The van der Waals surface area contributed by atoms with Gasteiger partial charge < -0.3 is 10.4 Å². The number of fused-ring (bicyclic) bond motifs is 1. The molecule has 4 nitrogen and oxygen atoms in total. The number of hydrogen-bond donors (Lipinski definition) is 2. The Morgan fingerprint density at radius 3 is 2.64 bits per heavy atom. The summed E-state index contributed by atoms with van der Waals surface area (Å²) in [6.07, 6.45) is 2.50. The number of aromatic nitrogens is 2. The molecule has 4 rings (SSSR count). The fourth-order valence-corrected chi connectivity index (χ4v) is 3.26. The third kappa shape index (κ3) is 3.46. The third-order valence-electron chi connectivity index (χ3n) is 4.36. The average molecular weight is 398 g/mol. The lowest BCUT2D eigenvalue weighted by molar-refractivity contribution is 0.471. The zero-order valence-corrected chi connectivity index (χ0v) is 15.2. The van der Waals surface area contributed by atoms with Gasteiger partial charge in [0.05, 0.1) is 12.2 Å². The van der Waals surface area contributed by atoms with Gasteiger partial charge in [0.15, 0.2) is 11.6 Å². The van der Waals surface area contributed by atoms with E-state index in [0.717, 1.165) is 17.6 Å². The first-order valence-corrected chi connectivity index (χ1v) is 8.80. The molecular formula is C21H14ClF2N3O. The first kappa shape index (κ1) is 18.1. The fourth-order valence-electron chi connectivity index (χ4n) is 3.06. The Labute approximate surface area is 164 Å². The minimum Gasteiger partial charge on any atom is -0.505 e. The van der Waals surface area contributed by atoms with Gasteiger partial charge in [-0.15, -0.1) is 0 Å². The molecule has 0 bridgehead atoms. The summed E-state index contributed by atoms with van der Waals surface area (Å²) in [4.78, 5) is 8.02. The Hall–Kier alpha value is -3.25. The second-order valence-corrected chi connectivity index (χ2v) is 6.63. The molecule has 0 saturated heterocycles. The second-order valence-electron chi connectivity index (χ2n) is 6.19. The number of halogens is 3. The normalized spacial score (nSPS) is 12.1. The van der Waals surface area contributed by atoms with Gasteiger partial charge in [-0.2, -0.15) is 0 Å². The summed E-state index contributed by atoms with van der Waals surface area (Å²) in [5.74, 6) is -1.81. The van der Waals surface area contributed by atoms with E-state index in [1.165, 1.54) is 0 Å². The number of nitrogens with zero attached hydrogens (tertiary/aromatic N) is 2. The second kappa shape index (κ2) is 7.40. The van der Waals surface area contributed by atoms with Gasteiger partial charge >= 0.3 is 0 Å². The summed E-state index contributed by atoms with van der Waals surface area (Å²) >= 11 is 6.12. The number of phenols is 1. The van der Waals surface area contributed by atoms with E-state index in [1.807, 2.05) is 12.1 Å². The minimum absolute atomic E-state index is 0.0434. The monoisotopic (exact) mass is 397 g/mol. The van der Waals surface area contributed by atoms with Crippen LogP contribution in [0.4, 0.5) is 14.6 Å². The molecule has 0 saturated carbocycles. The Morgan fingerprint density at radius 2 is 1.86 bits per heavy atom. The molecule has 0 radical (unpaired) electrons. The molecular weight excluding hydrogens is 384 g/mol. The molecule has 0 fully saturated rings. The molecule has 0 aliphatic heterocycles. The lowest BCUT2D eigenvalue weighted by Gasteiger charge is -2.22. The molecule has 1 atom stereocenters. The van der Waals surface area contributed by atoms with Gasteiger partial charge in [-0.05, 0) is 23.8 Å². The van der Waals surface area contributed by atoms with Crippen molar-refractivity contribution in [3.8, 4) is 5.75 Å². The van der Waals surface area contributed by atoms with E-state index < -0.39 is 17.7 Å². The van der Waals surface area contributed by atoms with Gasteiger partial charge in [0.2, 0.25) is 0 Å². The van der Waals surface area contributed by atoms with Crippen molar-refractivity contribution in [2.24, 2.45) is 0 Å². The van der Waals surface area contributed by atoms with E-state index in [-0.39, 0.29) is 11.6 Å². The maximum atomic E-state index is 14.2. The predicted octanol–water partition coefficient (Wildman–Crippen LogP) is 5.47. The number of benzene rings is 2. The highest BCUT2D eigenvalue weighted by atomic mass is 35.5. The Balaban J connectivity index is 1.87. The third-order valence-corrected chi connectivity index (χ3v) is 4.60. The van der Waals surface area contributed by atoms with E-state index in [1.54, 1.807) is 42.6 Å². The predicted molar refractivity (Wildman–Crippen MR) is 104 cm³/mol. The van der Waals surface area contributed by atoms with Crippen molar-refractivity contribution in [1.29, 1.82) is 0 Å². The van der Waals surface area contributed by atoms with Gasteiger partial charge in [-0.1, -0.05) is 41.9 Å². The zero-order chi connectivity index (χ0) is 19.7. The number of nitrogens with one attached hydrogen (secondary N) is 1. The maximum Gasteiger partial charge on any atom is 0.168 e. The van der Waals surface area contributed by atoms with Crippen molar-refractivity contribution < 1.29 is 13.9 Å². The van der Waals surface area contributed by atoms with Crippen LogP contribution in [-0.2, 0) is 0 Å². The van der Waals surface area contributed by atoms with Gasteiger partial charge in [-0.3, -0.25) is 4.98 Å². The molecule has 1 unspecified atom stereocenters. The molecule has 2 aromatic heterocycles. The number of phenolic OH excluding ortho intramolecular Hbond substituents is 1. The first-order valence-electron chi connectivity index (χ1n) is 8.42. The van der Waals surface area contributed by atoms with Crippen LogP contribution in [0, 0.1) is 11.6 Å². The van der Waals surface area contributed by atoms with Crippen LogP contribution in [0.1, 0.15) is 17.2 Å². The van der Waals surface area contributed by atoms with Crippen LogP contribution in [0.2, 0.25) is 5.02 Å². The summed E-state index contributed by atoms with van der Waals surface area (Å²) in [5.41, 5.74) is 1.55. The summed E-state index contributed by atoms with van der Waals surface area (Å²) in [5, 5.41) is 15.0. The fraction of sp³-hybridized carbons (Fsp3) is 0.0476. The van der Waals surface area contributed by atoms with Crippen LogP contribution in [0.25, 0.3) is 10.9 Å². The highest BCUT2D eigenvalue weighted by Gasteiger charge is 2.22. The van der Waals surface area contributed by atoms with Crippen LogP contribution < -0.4 is 5.32 Å². The number of rotatable bonds is 4. The van der Waals surface area contributed by atoms with Crippen molar-refractivity contribution >= 4 is 28.3 Å². The van der Waals surface area contributed by atoms with E-state index in [9.17, 15) is 13.9 Å². The minimum atomic E-state index is -0.842. The van der Waals surface area contributed by atoms with Crippen LogP contribution in [0.3, 0.4) is 0 Å². The van der Waals surface area contributed by atoms with Crippen LogP contribution >= 0.6 is 11.6 Å². The number of hydrogen-bond acceptors (Lipinski definition) is 4. The molecule has 2 heterocycles. The van der Waals surface area contributed by atoms with Crippen molar-refractivity contribution in [1.82, 2.24) is 9.97 Å². The highest BCUT2D eigenvalue weighted by Crippen LogP contribution is 2.37. The topological polar surface area (TPSA) is 58.0 Å². The Morgan fingerprint density at radius 1 is 1.00 bits per heavy atom. The number of anilines is 1. The van der Waals surface area contributed by atoms with E-state index in [2.05, 4.69) is 15.3 Å². The first-order chi connectivity index (χ1) is 13.5. The summed E-state index contributed by atoms with van der Waals surface area (Å²) in [6, 6.07) is 14.1. The summed E-state index contributed by atoms with van der Waals surface area (Å²) in [6.45, 7) is 0. The van der Waals surface area contributed by atoms with Crippen LogP contribution in [0.15, 0.2) is 67.0 Å². The van der Waals surface area contributed by atoms with Gasteiger partial charge in [0.1, 0.15) is 17.1 Å². The molecule has 140 valence electrons. The van der Waals surface area contributed by atoms with Gasteiger partial charge in [0.25, 0.3) is 0 Å². The van der Waals surface area contributed by atoms with Crippen molar-refractivity contribution in [2.45, 2.75) is 6.04 Å². The SMILES string of the molecule is Oc1c(C(Nc2ncc(F)cc2F)c2cccc(Cl)c2)ccc2cccnc12. The maximum absolute atomic E-state index is 14.2. The van der Waals surface area contributed by atoms with Gasteiger partial charge in [-0.25, -0.2) is 13.8 Å². The smallest absolute Gasteiger partial charge is 0.168 e. The average Bonchev–Trinajstić information content (AvgIpc) is 2.68. The standard InChI is InChI=1S/C21H14ClF2N3O/c22-14-5-1-3-13(9-14)18(27-21-17(24)10-15(23)11-26-21)16-7-6-12-4-2-8-25-19(12)20(16)28/h1-11,18,28H,(H,26,27). The molecule has 2 aromatic carbocycles. The number of aromatic hydroxyl groups is 1. The Bertz CT molecular complexity index is 1170. The molecule has 4 aromatic rings. The zero-order valence-electron chi connectivity index (χ0n) is 14.4. The molecule has 7 heteroatoms. The largest absolute Gasteiger partial charge is 0.505 e. The van der Waals surface area contributed by atoms with Crippen LogP contribution in [-0.4, -0.2) is 15.1 Å². The van der Waals surface area contributed by atoms with Crippen molar-refractivity contribution in [2.75, 3.05) is 5.32 Å². The molecule has 0 amide bonds. The van der Waals surface area contributed by atoms with Crippen molar-refractivity contribution in [3.05, 3.63) is 94.8 Å². The molecule has 28 heavy (non-hydrogen) atoms. The summed E-state index contributed by atoms with van der Waals surface area (Å²) in [7, 11) is 0. The quantitative estimate of drug-likeness (QED) is 0.479. The van der Waals surface area contributed by atoms with Gasteiger partial charge in [0, 0.05) is 28.2 Å². The number of pyridine rings is 2. The van der Waals surface area contributed by atoms with E-state index in [4.69, 9.17) is 11.6 Å². The molecule has 2 N–H and O–H groups in total.